The predicted molar refractivity (Wildman–Crippen MR) is 83.5 cm³/mol. The summed E-state index contributed by atoms with van der Waals surface area (Å²) in [6, 6.07) is 0.396. The molecule has 1 aliphatic heterocycles. The SMILES string of the molecule is CCCC(CC)Nc1nc(Cl)nc(N2CCCCC2)n1. The van der Waals surface area contributed by atoms with Crippen molar-refractivity contribution >= 4 is 23.5 Å². The molecular formula is C14H24ClN5. The number of halogens is 1. The number of hydrogen-bond donors (Lipinski definition) is 1. The fourth-order valence-corrected chi connectivity index (χ4v) is 2.70. The Morgan fingerprint density at radius 3 is 2.55 bits per heavy atom. The van der Waals surface area contributed by atoms with Crippen molar-refractivity contribution in [3.8, 4) is 0 Å². The minimum Gasteiger partial charge on any atom is -0.351 e. The van der Waals surface area contributed by atoms with Gasteiger partial charge in [0.2, 0.25) is 17.2 Å². The van der Waals surface area contributed by atoms with Crippen molar-refractivity contribution in [2.45, 2.75) is 58.4 Å². The summed E-state index contributed by atoms with van der Waals surface area (Å²) in [6.45, 7) is 6.36. The van der Waals surface area contributed by atoms with E-state index < -0.39 is 0 Å². The van der Waals surface area contributed by atoms with Crippen LogP contribution in [0.25, 0.3) is 0 Å². The molecule has 1 fully saturated rings. The fourth-order valence-electron chi connectivity index (χ4n) is 2.55. The molecule has 0 amide bonds. The zero-order valence-corrected chi connectivity index (χ0v) is 13.2. The summed E-state index contributed by atoms with van der Waals surface area (Å²) >= 11 is 6.04. The Kier molecular flexibility index (Phi) is 5.83. The molecule has 0 radical (unpaired) electrons. The van der Waals surface area contributed by atoms with Gasteiger partial charge in [-0.3, -0.25) is 0 Å². The van der Waals surface area contributed by atoms with Gasteiger partial charge in [0.05, 0.1) is 0 Å². The van der Waals surface area contributed by atoms with E-state index in [1.165, 1.54) is 19.3 Å². The summed E-state index contributed by atoms with van der Waals surface area (Å²) in [5, 5.41) is 3.65. The molecule has 1 aromatic heterocycles. The van der Waals surface area contributed by atoms with Crippen LogP contribution in [-0.4, -0.2) is 34.1 Å². The van der Waals surface area contributed by atoms with Gasteiger partial charge in [0.1, 0.15) is 0 Å². The third-order valence-corrected chi connectivity index (χ3v) is 3.87. The summed E-state index contributed by atoms with van der Waals surface area (Å²) in [5.41, 5.74) is 0. The average molecular weight is 298 g/mol. The lowest BCUT2D eigenvalue weighted by molar-refractivity contribution is 0.566. The lowest BCUT2D eigenvalue weighted by Crippen LogP contribution is -2.31. The van der Waals surface area contributed by atoms with Crippen LogP contribution in [0.3, 0.4) is 0 Å². The predicted octanol–water partition coefficient (Wildman–Crippen LogP) is 3.51. The van der Waals surface area contributed by atoms with Crippen molar-refractivity contribution in [2.75, 3.05) is 23.3 Å². The minimum absolute atomic E-state index is 0.273. The van der Waals surface area contributed by atoms with Gasteiger partial charge >= 0.3 is 0 Å². The van der Waals surface area contributed by atoms with E-state index in [2.05, 4.69) is 39.0 Å². The van der Waals surface area contributed by atoms with Crippen molar-refractivity contribution in [3.63, 3.8) is 0 Å². The molecule has 0 saturated carbocycles. The summed E-state index contributed by atoms with van der Waals surface area (Å²) in [4.78, 5) is 15.2. The summed E-state index contributed by atoms with van der Waals surface area (Å²) in [5.74, 6) is 1.31. The Hall–Kier alpha value is -1.10. The second-order valence-corrected chi connectivity index (χ2v) is 5.65. The minimum atomic E-state index is 0.273. The molecule has 2 rings (SSSR count). The van der Waals surface area contributed by atoms with E-state index >= 15 is 0 Å². The van der Waals surface area contributed by atoms with E-state index in [9.17, 15) is 0 Å². The van der Waals surface area contributed by atoms with Crippen LogP contribution >= 0.6 is 11.6 Å². The van der Waals surface area contributed by atoms with Crippen molar-refractivity contribution in [3.05, 3.63) is 5.28 Å². The van der Waals surface area contributed by atoms with Crippen LogP contribution in [0.15, 0.2) is 0 Å². The molecule has 0 aromatic carbocycles. The number of aromatic nitrogens is 3. The Morgan fingerprint density at radius 1 is 1.15 bits per heavy atom. The molecule has 2 heterocycles. The van der Waals surface area contributed by atoms with Gasteiger partial charge < -0.3 is 10.2 Å². The van der Waals surface area contributed by atoms with Crippen LogP contribution in [0.1, 0.15) is 52.4 Å². The van der Waals surface area contributed by atoms with Crippen LogP contribution < -0.4 is 10.2 Å². The second kappa shape index (κ2) is 7.62. The maximum atomic E-state index is 6.04. The van der Waals surface area contributed by atoms with Gasteiger partial charge in [-0.2, -0.15) is 15.0 Å². The molecule has 1 unspecified atom stereocenters. The monoisotopic (exact) mass is 297 g/mol. The zero-order valence-electron chi connectivity index (χ0n) is 12.4. The van der Waals surface area contributed by atoms with Gasteiger partial charge in [0.15, 0.2) is 0 Å². The topological polar surface area (TPSA) is 53.9 Å². The Labute approximate surface area is 126 Å². The first-order valence-electron chi connectivity index (χ1n) is 7.66. The molecule has 0 bridgehead atoms. The number of nitrogens with zero attached hydrogens (tertiary/aromatic N) is 4. The van der Waals surface area contributed by atoms with Crippen molar-refractivity contribution < 1.29 is 0 Å². The Morgan fingerprint density at radius 2 is 1.90 bits per heavy atom. The van der Waals surface area contributed by atoms with E-state index in [-0.39, 0.29) is 5.28 Å². The number of anilines is 2. The highest BCUT2D eigenvalue weighted by atomic mass is 35.5. The summed E-state index contributed by atoms with van der Waals surface area (Å²) in [6.07, 6.45) is 6.98. The molecule has 6 heteroatoms. The van der Waals surface area contributed by atoms with Gasteiger partial charge in [0.25, 0.3) is 0 Å². The van der Waals surface area contributed by atoms with Crippen molar-refractivity contribution in [1.82, 2.24) is 15.0 Å². The number of rotatable bonds is 6. The highest BCUT2D eigenvalue weighted by Gasteiger charge is 2.16. The fraction of sp³-hybridized carbons (Fsp3) is 0.786. The lowest BCUT2D eigenvalue weighted by atomic mass is 10.1. The molecule has 1 saturated heterocycles. The van der Waals surface area contributed by atoms with E-state index in [0.717, 1.165) is 32.4 Å². The third-order valence-electron chi connectivity index (χ3n) is 3.70. The molecule has 5 nitrogen and oxygen atoms in total. The van der Waals surface area contributed by atoms with Crippen LogP contribution in [0.5, 0.6) is 0 Å². The van der Waals surface area contributed by atoms with Gasteiger partial charge in [-0.05, 0) is 43.7 Å². The van der Waals surface area contributed by atoms with E-state index in [0.29, 0.717) is 17.9 Å². The smallest absolute Gasteiger partial charge is 0.231 e. The standard InChI is InChI=1S/C14H24ClN5/c1-3-8-11(4-2)16-13-17-12(15)18-14(19-13)20-9-6-5-7-10-20/h11H,3-10H2,1-2H3,(H,16,17,18,19). The van der Waals surface area contributed by atoms with Crippen LogP contribution in [0.2, 0.25) is 5.28 Å². The first-order valence-corrected chi connectivity index (χ1v) is 8.03. The zero-order chi connectivity index (χ0) is 14.4. The molecule has 20 heavy (non-hydrogen) atoms. The summed E-state index contributed by atoms with van der Waals surface area (Å²) in [7, 11) is 0. The molecule has 1 N–H and O–H groups in total. The first-order chi connectivity index (χ1) is 9.72. The van der Waals surface area contributed by atoms with Crippen LogP contribution in [-0.2, 0) is 0 Å². The van der Waals surface area contributed by atoms with Crippen LogP contribution in [0, 0.1) is 0 Å². The largest absolute Gasteiger partial charge is 0.351 e. The normalized spacial score (nSPS) is 17.1. The third kappa shape index (κ3) is 4.20. The van der Waals surface area contributed by atoms with Crippen LogP contribution in [0.4, 0.5) is 11.9 Å². The molecule has 0 spiro atoms. The van der Waals surface area contributed by atoms with E-state index in [1.54, 1.807) is 0 Å². The molecule has 0 aliphatic carbocycles. The second-order valence-electron chi connectivity index (χ2n) is 5.31. The highest BCUT2D eigenvalue weighted by Crippen LogP contribution is 2.19. The molecular weight excluding hydrogens is 274 g/mol. The van der Waals surface area contributed by atoms with Gasteiger partial charge in [0, 0.05) is 19.1 Å². The summed E-state index contributed by atoms with van der Waals surface area (Å²) < 4.78 is 0. The average Bonchev–Trinajstić information content (AvgIpc) is 2.47. The maximum Gasteiger partial charge on any atom is 0.231 e. The Bertz CT molecular complexity index is 420. The molecule has 1 aromatic rings. The maximum absolute atomic E-state index is 6.04. The number of piperidine rings is 1. The highest BCUT2D eigenvalue weighted by molar-refractivity contribution is 6.28. The molecule has 112 valence electrons. The number of nitrogens with one attached hydrogen (secondary N) is 1. The Balaban J connectivity index is 2.10. The first kappa shape index (κ1) is 15.3. The van der Waals surface area contributed by atoms with E-state index in [4.69, 9.17) is 11.6 Å². The van der Waals surface area contributed by atoms with Gasteiger partial charge in [-0.1, -0.05) is 20.3 Å². The van der Waals surface area contributed by atoms with Gasteiger partial charge in [-0.25, -0.2) is 0 Å². The van der Waals surface area contributed by atoms with E-state index in [1.807, 2.05) is 0 Å². The van der Waals surface area contributed by atoms with Crippen molar-refractivity contribution in [2.24, 2.45) is 0 Å². The van der Waals surface area contributed by atoms with Gasteiger partial charge in [-0.15, -0.1) is 0 Å². The lowest BCUT2D eigenvalue weighted by Gasteiger charge is -2.27. The number of hydrogen-bond acceptors (Lipinski definition) is 5. The molecule has 1 atom stereocenters. The quantitative estimate of drug-likeness (QED) is 0.871. The van der Waals surface area contributed by atoms with Crippen molar-refractivity contribution in [1.29, 1.82) is 0 Å². The molecule has 1 aliphatic rings.